The van der Waals surface area contributed by atoms with E-state index >= 15 is 0 Å². The smallest absolute Gasteiger partial charge is 0.407 e. The summed E-state index contributed by atoms with van der Waals surface area (Å²) < 4.78 is 10.9. The molecule has 0 unspecified atom stereocenters. The molecule has 43 heavy (non-hydrogen) atoms. The molecule has 0 spiro atoms. The van der Waals surface area contributed by atoms with Crippen LogP contribution in [0.5, 0.6) is 0 Å². The number of alkyl carbamates (subject to hydrolysis) is 1. The molecule has 0 bridgehead atoms. The first-order chi connectivity index (χ1) is 20.6. The highest BCUT2D eigenvalue weighted by Crippen LogP contribution is 2.44. The second-order valence-electron chi connectivity index (χ2n) is 12.3. The highest BCUT2D eigenvalue weighted by molar-refractivity contribution is 5.81. The number of carboxylic acid groups (broad SMARTS) is 1. The van der Waals surface area contributed by atoms with E-state index in [1.807, 2.05) is 62.1 Å². The summed E-state index contributed by atoms with van der Waals surface area (Å²) in [6.07, 6.45) is 2.93. The molecular formula is C33H43N3O7. The summed E-state index contributed by atoms with van der Waals surface area (Å²) in [5.41, 5.74) is 3.88. The van der Waals surface area contributed by atoms with Gasteiger partial charge in [-0.2, -0.15) is 0 Å². The first kappa shape index (κ1) is 32.0. The molecule has 4 rings (SSSR count). The molecule has 0 aromatic heterocycles. The Bertz CT molecular complexity index is 1240. The van der Waals surface area contributed by atoms with Crippen LogP contribution in [-0.2, 0) is 23.9 Å². The van der Waals surface area contributed by atoms with E-state index in [9.17, 15) is 24.3 Å². The van der Waals surface area contributed by atoms with Crippen LogP contribution in [0.1, 0.15) is 69.9 Å². The average Bonchev–Trinajstić information content (AvgIpc) is 3.28. The van der Waals surface area contributed by atoms with Crippen molar-refractivity contribution in [3.05, 3.63) is 59.7 Å². The molecule has 10 heteroatoms. The fourth-order valence-corrected chi connectivity index (χ4v) is 5.97. The second kappa shape index (κ2) is 14.5. The Hall–Kier alpha value is -3.92. The third kappa shape index (κ3) is 8.79. The number of nitrogens with one attached hydrogen (secondary N) is 1. The number of rotatable bonds is 13. The number of esters is 1. The Morgan fingerprint density at radius 1 is 1.02 bits per heavy atom. The van der Waals surface area contributed by atoms with Gasteiger partial charge in [-0.25, -0.2) is 9.59 Å². The van der Waals surface area contributed by atoms with Crippen LogP contribution < -0.4 is 5.32 Å². The number of fused-ring (bicyclic) bond motifs is 3. The van der Waals surface area contributed by atoms with Gasteiger partial charge in [-0.05, 0) is 75.1 Å². The number of hydrogen-bond donors (Lipinski definition) is 2. The largest absolute Gasteiger partial charge is 0.480 e. The molecule has 2 amide bonds. The molecule has 10 nitrogen and oxygen atoms in total. The first-order valence-corrected chi connectivity index (χ1v) is 15.0. The van der Waals surface area contributed by atoms with Crippen molar-refractivity contribution >= 4 is 24.4 Å². The van der Waals surface area contributed by atoms with Crippen LogP contribution in [0, 0.1) is 0 Å². The number of likely N-dealkylation sites (tertiary alicyclic amines) is 1. The minimum Gasteiger partial charge on any atom is -0.480 e. The molecular weight excluding hydrogens is 550 g/mol. The Morgan fingerprint density at radius 3 is 2.19 bits per heavy atom. The molecule has 2 aromatic rings. The molecule has 1 aliphatic heterocycles. The lowest BCUT2D eigenvalue weighted by Gasteiger charge is -2.36. The van der Waals surface area contributed by atoms with Gasteiger partial charge in [0.25, 0.3) is 0 Å². The number of carbonyl (C=O) groups is 4. The summed E-state index contributed by atoms with van der Waals surface area (Å²) in [6, 6.07) is 15.0. The summed E-state index contributed by atoms with van der Waals surface area (Å²) in [6.45, 7) is 7.76. The zero-order chi connectivity index (χ0) is 31.0. The minimum absolute atomic E-state index is 0.0709. The Balaban J connectivity index is 1.18. The van der Waals surface area contributed by atoms with E-state index < -0.39 is 23.7 Å². The molecule has 0 radical (unpaired) electrons. The lowest BCUT2D eigenvalue weighted by Crippen LogP contribution is -2.46. The van der Waals surface area contributed by atoms with E-state index in [0.717, 1.165) is 41.5 Å². The van der Waals surface area contributed by atoms with Gasteiger partial charge in [-0.3, -0.25) is 14.5 Å². The Labute approximate surface area is 253 Å². The number of nitrogens with zero attached hydrogens (tertiary/aromatic N) is 2. The number of carboxylic acids is 1. The number of amides is 2. The van der Waals surface area contributed by atoms with Gasteiger partial charge in [-0.15, -0.1) is 0 Å². The average molecular weight is 594 g/mol. The van der Waals surface area contributed by atoms with Crippen molar-refractivity contribution in [3.63, 3.8) is 0 Å². The van der Waals surface area contributed by atoms with Gasteiger partial charge < -0.3 is 24.8 Å². The molecule has 2 aliphatic rings. The predicted molar refractivity (Wildman–Crippen MR) is 162 cm³/mol. The predicted octanol–water partition coefficient (Wildman–Crippen LogP) is 4.41. The molecule has 232 valence electrons. The van der Waals surface area contributed by atoms with Crippen LogP contribution >= 0.6 is 0 Å². The molecule has 2 N–H and O–H groups in total. The van der Waals surface area contributed by atoms with Crippen molar-refractivity contribution in [2.24, 2.45) is 0 Å². The number of hydrogen-bond acceptors (Lipinski definition) is 7. The van der Waals surface area contributed by atoms with E-state index in [1.165, 1.54) is 0 Å². The SMILES string of the molecule is CC(C)(C)OC(=O)CN1CCC(N(C=O)CCCC[C@@H](NC(=O)OCC2c3ccccc3-c3ccccc32)C(=O)O)CC1. The summed E-state index contributed by atoms with van der Waals surface area (Å²) >= 11 is 0. The van der Waals surface area contributed by atoms with Gasteiger partial charge in [0, 0.05) is 31.6 Å². The van der Waals surface area contributed by atoms with Crippen molar-refractivity contribution < 1.29 is 33.8 Å². The van der Waals surface area contributed by atoms with Crippen LogP contribution in [0.2, 0.25) is 0 Å². The monoisotopic (exact) mass is 593 g/mol. The number of aliphatic carboxylic acids is 1. The zero-order valence-electron chi connectivity index (χ0n) is 25.3. The number of ether oxygens (including phenoxy) is 2. The molecule has 2 aromatic carbocycles. The van der Waals surface area contributed by atoms with E-state index in [-0.39, 0.29) is 37.5 Å². The van der Waals surface area contributed by atoms with Gasteiger partial charge in [0.05, 0.1) is 6.54 Å². The molecule has 0 saturated carbocycles. The van der Waals surface area contributed by atoms with Gasteiger partial charge in [0.2, 0.25) is 6.41 Å². The van der Waals surface area contributed by atoms with Gasteiger partial charge in [-0.1, -0.05) is 48.5 Å². The lowest BCUT2D eigenvalue weighted by molar-refractivity contribution is -0.156. The molecule has 1 atom stereocenters. The lowest BCUT2D eigenvalue weighted by atomic mass is 9.98. The quantitative estimate of drug-likeness (QED) is 0.199. The normalized spacial score (nSPS) is 16.1. The molecule has 1 aliphatic carbocycles. The molecule has 1 fully saturated rings. The van der Waals surface area contributed by atoms with Crippen LogP contribution in [0.4, 0.5) is 4.79 Å². The molecule has 1 heterocycles. The van der Waals surface area contributed by atoms with Gasteiger partial charge in [0.1, 0.15) is 18.2 Å². The standard InChI is InChI=1S/C33H43N3O7/c1-33(2,3)43-30(38)20-35-18-15-23(16-19-35)36(22-37)17-9-8-14-29(31(39)40)34-32(41)42-21-28-26-12-6-4-10-24(26)25-11-5-7-13-27(25)28/h4-7,10-13,22-23,28-29H,8-9,14-21H2,1-3H3,(H,34,41)(H,39,40)/t29-/m1/s1. The number of benzene rings is 2. The van der Waals surface area contributed by atoms with E-state index in [0.29, 0.717) is 32.5 Å². The van der Waals surface area contributed by atoms with E-state index in [2.05, 4.69) is 17.4 Å². The second-order valence-corrected chi connectivity index (χ2v) is 12.3. The maximum atomic E-state index is 12.6. The third-order valence-corrected chi connectivity index (χ3v) is 8.03. The van der Waals surface area contributed by atoms with Crippen molar-refractivity contribution in [2.75, 3.05) is 32.8 Å². The third-order valence-electron chi connectivity index (χ3n) is 8.03. The summed E-state index contributed by atoms with van der Waals surface area (Å²) in [5.74, 6) is -1.49. The summed E-state index contributed by atoms with van der Waals surface area (Å²) in [7, 11) is 0. The van der Waals surface area contributed by atoms with E-state index in [1.54, 1.807) is 4.90 Å². The Kier molecular flexibility index (Phi) is 10.8. The van der Waals surface area contributed by atoms with Crippen LogP contribution in [0.25, 0.3) is 11.1 Å². The minimum atomic E-state index is -1.13. The van der Waals surface area contributed by atoms with E-state index in [4.69, 9.17) is 9.47 Å². The first-order valence-electron chi connectivity index (χ1n) is 15.0. The van der Waals surface area contributed by atoms with Crippen molar-refractivity contribution in [2.45, 2.75) is 76.5 Å². The maximum absolute atomic E-state index is 12.6. The summed E-state index contributed by atoms with van der Waals surface area (Å²) in [5, 5.41) is 12.2. The maximum Gasteiger partial charge on any atom is 0.407 e. The van der Waals surface area contributed by atoms with Crippen molar-refractivity contribution in [3.8, 4) is 11.1 Å². The molecule has 1 saturated heterocycles. The van der Waals surface area contributed by atoms with Crippen molar-refractivity contribution in [1.29, 1.82) is 0 Å². The fraction of sp³-hybridized carbons (Fsp3) is 0.515. The van der Waals surface area contributed by atoms with Gasteiger partial charge >= 0.3 is 18.0 Å². The summed E-state index contributed by atoms with van der Waals surface area (Å²) in [4.78, 5) is 52.2. The van der Waals surface area contributed by atoms with Crippen molar-refractivity contribution in [1.82, 2.24) is 15.1 Å². The number of unbranched alkanes of at least 4 members (excludes halogenated alkanes) is 1. The number of carbonyl (C=O) groups excluding carboxylic acids is 3. The zero-order valence-corrected chi connectivity index (χ0v) is 25.3. The number of piperidine rings is 1. The topological polar surface area (TPSA) is 125 Å². The highest BCUT2D eigenvalue weighted by Gasteiger charge is 2.30. The Morgan fingerprint density at radius 2 is 1.63 bits per heavy atom. The van der Waals surface area contributed by atoms with Crippen LogP contribution in [0.15, 0.2) is 48.5 Å². The van der Waals surface area contributed by atoms with Crippen LogP contribution in [0.3, 0.4) is 0 Å². The highest BCUT2D eigenvalue weighted by atomic mass is 16.6. The fourth-order valence-electron chi connectivity index (χ4n) is 5.97. The van der Waals surface area contributed by atoms with Gasteiger partial charge in [0.15, 0.2) is 0 Å². The van der Waals surface area contributed by atoms with Crippen LogP contribution in [-0.4, -0.2) is 89.8 Å².